The van der Waals surface area contributed by atoms with Gasteiger partial charge in [0.2, 0.25) is 0 Å². The summed E-state index contributed by atoms with van der Waals surface area (Å²) < 4.78 is 12.0. The first-order chi connectivity index (χ1) is 12.3. The SMILES string of the molecule is C=C[C@H]1C[C@@H](/C=C\CCCO)[C@@H](COCCCC)[C@H]1COCCCC. The van der Waals surface area contributed by atoms with E-state index < -0.39 is 0 Å². The fourth-order valence-electron chi connectivity index (χ4n) is 3.70. The Labute approximate surface area is 155 Å². The normalized spacial score (nSPS) is 26.5. The molecule has 3 heteroatoms. The third-order valence-corrected chi connectivity index (χ3v) is 5.31. The second kappa shape index (κ2) is 14.5. The summed E-state index contributed by atoms with van der Waals surface area (Å²) in [5.41, 5.74) is 0. The average Bonchev–Trinajstić information content (AvgIpc) is 2.96. The summed E-state index contributed by atoms with van der Waals surface area (Å²) in [5.74, 6) is 2.05. The molecule has 1 N–H and O–H groups in total. The van der Waals surface area contributed by atoms with Gasteiger partial charge < -0.3 is 14.6 Å². The zero-order valence-electron chi connectivity index (χ0n) is 16.5. The van der Waals surface area contributed by atoms with Gasteiger partial charge in [0.1, 0.15) is 0 Å². The highest BCUT2D eigenvalue weighted by atomic mass is 16.5. The molecule has 0 aromatic rings. The summed E-state index contributed by atoms with van der Waals surface area (Å²) in [6, 6.07) is 0. The zero-order chi connectivity index (χ0) is 18.3. The number of hydrogen-bond donors (Lipinski definition) is 1. The predicted molar refractivity (Wildman–Crippen MR) is 106 cm³/mol. The molecule has 146 valence electrons. The fraction of sp³-hybridized carbons (Fsp3) is 0.818. The first-order valence-electron chi connectivity index (χ1n) is 10.3. The molecular formula is C22H40O3. The van der Waals surface area contributed by atoms with E-state index in [2.05, 4.69) is 38.7 Å². The van der Waals surface area contributed by atoms with Gasteiger partial charge >= 0.3 is 0 Å². The quantitative estimate of drug-likeness (QED) is 0.333. The van der Waals surface area contributed by atoms with Crippen molar-refractivity contribution in [2.75, 3.05) is 33.0 Å². The van der Waals surface area contributed by atoms with Gasteiger partial charge in [-0.1, -0.05) is 44.9 Å². The first-order valence-corrected chi connectivity index (χ1v) is 10.3. The number of allylic oxidation sites excluding steroid dienone is 3. The summed E-state index contributed by atoms with van der Waals surface area (Å²) in [6.45, 7) is 12.1. The van der Waals surface area contributed by atoms with Gasteiger partial charge in [0.05, 0.1) is 13.2 Å². The van der Waals surface area contributed by atoms with Crippen LogP contribution < -0.4 is 0 Å². The van der Waals surface area contributed by atoms with E-state index in [9.17, 15) is 0 Å². The van der Waals surface area contributed by atoms with Gasteiger partial charge in [0, 0.05) is 19.8 Å². The minimum atomic E-state index is 0.266. The molecule has 0 spiro atoms. The van der Waals surface area contributed by atoms with Crippen LogP contribution in [0.25, 0.3) is 0 Å². The van der Waals surface area contributed by atoms with E-state index in [0.29, 0.717) is 23.7 Å². The predicted octanol–water partition coefficient (Wildman–Crippen LogP) is 5.00. The summed E-state index contributed by atoms with van der Waals surface area (Å²) in [5, 5.41) is 8.96. The van der Waals surface area contributed by atoms with Crippen LogP contribution >= 0.6 is 0 Å². The van der Waals surface area contributed by atoms with Crippen LogP contribution in [0.2, 0.25) is 0 Å². The highest BCUT2D eigenvalue weighted by molar-refractivity contribution is 5.04. The summed E-state index contributed by atoms with van der Waals surface area (Å²) >= 11 is 0. The Balaban J connectivity index is 2.65. The molecule has 1 fully saturated rings. The van der Waals surface area contributed by atoms with Crippen molar-refractivity contribution in [2.24, 2.45) is 23.7 Å². The summed E-state index contributed by atoms with van der Waals surface area (Å²) in [6.07, 6.45) is 14.3. The van der Waals surface area contributed by atoms with Gasteiger partial charge in [-0.2, -0.15) is 0 Å². The summed E-state index contributed by atoms with van der Waals surface area (Å²) in [7, 11) is 0. The second-order valence-corrected chi connectivity index (χ2v) is 7.28. The van der Waals surface area contributed by atoms with Gasteiger partial charge in [0.25, 0.3) is 0 Å². The lowest BCUT2D eigenvalue weighted by molar-refractivity contribution is 0.0293. The van der Waals surface area contributed by atoms with Crippen LogP contribution in [0, 0.1) is 23.7 Å². The number of rotatable bonds is 15. The molecular weight excluding hydrogens is 312 g/mol. The minimum Gasteiger partial charge on any atom is -0.396 e. The van der Waals surface area contributed by atoms with Gasteiger partial charge in [-0.25, -0.2) is 0 Å². The molecule has 0 bridgehead atoms. The number of aliphatic hydroxyl groups excluding tert-OH is 1. The zero-order valence-corrected chi connectivity index (χ0v) is 16.5. The van der Waals surface area contributed by atoms with E-state index in [1.807, 2.05) is 0 Å². The largest absolute Gasteiger partial charge is 0.396 e. The van der Waals surface area contributed by atoms with Crippen LogP contribution in [0.4, 0.5) is 0 Å². The van der Waals surface area contributed by atoms with E-state index >= 15 is 0 Å². The molecule has 3 nitrogen and oxygen atoms in total. The van der Waals surface area contributed by atoms with Crippen molar-refractivity contribution in [1.82, 2.24) is 0 Å². The van der Waals surface area contributed by atoms with Crippen molar-refractivity contribution in [3.63, 3.8) is 0 Å². The molecule has 0 unspecified atom stereocenters. The van der Waals surface area contributed by atoms with E-state index in [4.69, 9.17) is 14.6 Å². The van der Waals surface area contributed by atoms with Gasteiger partial charge in [0.15, 0.2) is 0 Å². The lowest BCUT2D eigenvalue weighted by Crippen LogP contribution is -2.26. The molecule has 25 heavy (non-hydrogen) atoms. The number of unbranched alkanes of at least 4 members (excludes halogenated alkanes) is 3. The molecule has 0 aromatic carbocycles. The van der Waals surface area contributed by atoms with Crippen molar-refractivity contribution in [3.8, 4) is 0 Å². The molecule has 0 aromatic heterocycles. The maximum atomic E-state index is 8.96. The number of ether oxygens (including phenoxy) is 2. The van der Waals surface area contributed by atoms with E-state index in [-0.39, 0.29) is 6.61 Å². The van der Waals surface area contributed by atoms with Crippen LogP contribution in [0.1, 0.15) is 58.8 Å². The molecule has 0 radical (unpaired) electrons. The molecule has 1 rings (SSSR count). The van der Waals surface area contributed by atoms with E-state index in [1.165, 1.54) is 12.8 Å². The Morgan fingerprint density at radius 3 is 2.08 bits per heavy atom. The van der Waals surface area contributed by atoms with Crippen LogP contribution in [0.5, 0.6) is 0 Å². The number of aliphatic hydroxyl groups is 1. The van der Waals surface area contributed by atoms with Crippen LogP contribution in [-0.2, 0) is 9.47 Å². The molecule has 0 amide bonds. The van der Waals surface area contributed by atoms with Crippen molar-refractivity contribution < 1.29 is 14.6 Å². The second-order valence-electron chi connectivity index (χ2n) is 7.28. The van der Waals surface area contributed by atoms with Gasteiger partial charge in [-0.15, -0.1) is 6.58 Å². The molecule has 1 saturated carbocycles. The Morgan fingerprint density at radius 1 is 0.960 bits per heavy atom. The fourth-order valence-corrected chi connectivity index (χ4v) is 3.70. The lowest BCUT2D eigenvalue weighted by Gasteiger charge is -2.25. The lowest BCUT2D eigenvalue weighted by atomic mass is 9.87. The highest BCUT2D eigenvalue weighted by Gasteiger charge is 2.40. The molecule has 1 aliphatic rings. The Kier molecular flexibility index (Phi) is 13.0. The smallest absolute Gasteiger partial charge is 0.0503 e. The topological polar surface area (TPSA) is 38.7 Å². The van der Waals surface area contributed by atoms with Crippen molar-refractivity contribution in [1.29, 1.82) is 0 Å². The standard InChI is InChI=1S/C22H40O3/c1-4-7-14-24-17-21-19(6-3)16-20(12-10-9-11-13-23)22(21)18-25-15-8-5-2/h6,10,12,19-23H,3-5,7-9,11,13-18H2,1-2H3/b12-10-/t19-,20+,21-,22+/m0/s1. The molecule has 0 saturated heterocycles. The maximum absolute atomic E-state index is 8.96. The maximum Gasteiger partial charge on any atom is 0.0503 e. The van der Waals surface area contributed by atoms with Crippen molar-refractivity contribution in [2.45, 2.75) is 58.8 Å². The molecule has 0 heterocycles. The number of hydrogen-bond acceptors (Lipinski definition) is 3. The monoisotopic (exact) mass is 352 g/mol. The van der Waals surface area contributed by atoms with Crippen LogP contribution in [-0.4, -0.2) is 38.1 Å². The van der Waals surface area contributed by atoms with Crippen molar-refractivity contribution >= 4 is 0 Å². The third-order valence-electron chi connectivity index (χ3n) is 5.31. The molecule has 1 aliphatic carbocycles. The Morgan fingerprint density at radius 2 is 1.56 bits per heavy atom. The molecule has 4 atom stereocenters. The third kappa shape index (κ3) is 8.52. The first kappa shape index (κ1) is 22.4. The minimum absolute atomic E-state index is 0.266. The van der Waals surface area contributed by atoms with E-state index in [0.717, 1.165) is 58.5 Å². The van der Waals surface area contributed by atoms with Gasteiger partial charge in [-0.05, 0) is 55.8 Å². The van der Waals surface area contributed by atoms with Crippen molar-refractivity contribution in [3.05, 3.63) is 24.8 Å². The van der Waals surface area contributed by atoms with E-state index in [1.54, 1.807) is 0 Å². The highest BCUT2D eigenvalue weighted by Crippen LogP contribution is 2.43. The Hall–Kier alpha value is -0.640. The average molecular weight is 353 g/mol. The summed E-state index contributed by atoms with van der Waals surface area (Å²) in [4.78, 5) is 0. The van der Waals surface area contributed by atoms with Gasteiger partial charge in [-0.3, -0.25) is 0 Å². The molecule has 0 aliphatic heterocycles. The Bertz CT molecular complexity index is 353. The van der Waals surface area contributed by atoms with Crippen LogP contribution in [0.3, 0.4) is 0 Å². The van der Waals surface area contributed by atoms with Crippen LogP contribution in [0.15, 0.2) is 24.8 Å².